The first-order valence-corrected chi connectivity index (χ1v) is 6.08. The van der Waals surface area contributed by atoms with E-state index in [-0.39, 0.29) is 18.0 Å². The Hall–Kier alpha value is -3.03. The molecule has 21 heavy (non-hydrogen) atoms. The van der Waals surface area contributed by atoms with Gasteiger partial charge in [0.25, 0.3) is 11.5 Å². The number of anilines is 1. The van der Waals surface area contributed by atoms with Gasteiger partial charge in [0, 0.05) is 0 Å². The van der Waals surface area contributed by atoms with Crippen LogP contribution < -0.4 is 10.6 Å². The summed E-state index contributed by atoms with van der Waals surface area (Å²) in [6.45, 7) is 0. The van der Waals surface area contributed by atoms with Crippen molar-refractivity contribution in [1.29, 1.82) is 0 Å². The molecule has 0 aliphatic carbocycles. The lowest BCUT2D eigenvalue weighted by molar-refractivity contribution is -0.133. The van der Waals surface area contributed by atoms with E-state index in [2.05, 4.69) is 19.8 Å². The number of nitrogens with zero attached hydrogens (tertiary/aromatic N) is 3. The lowest BCUT2D eigenvalue weighted by atomic mass is 10.3. The Morgan fingerprint density at radius 1 is 1.33 bits per heavy atom. The summed E-state index contributed by atoms with van der Waals surface area (Å²) in [7, 11) is 1.19. The van der Waals surface area contributed by atoms with E-state index in [1.165, 1.54) is 7.11 Å². The van der Waals surface area contributed by atoms with Crippen LogP contribution in [0, 0.1) is 0 Å². The summed E-state index contributed by atoms with van der Waals surface area (Å²) in [5, 5.41) is 4.65. The molecule has 8 heteroatoms. The standard InChI is InChI=1S/C13H10N4O4/c1-21-13(20)9-6-10(18)17(16-9)11-12(19)15-8-5-3-2-4-7(8)14-11/h2-5H,6H2,1H3,(H,15,19). The van der Waals surface area contributed by atoms with Crippen LogP contribution in [0.4, 0.5) is 5.82 Å². The predicted octanol–water partition coefficient (Wildman–Crippen LogP) is 0.189. The number of ether oxygens (including phenoxy) is 1. The molecule has 2 heterocycles. The molecule has 0 fully saturated rings. The molecule has 0 spiro atoms. The van der Waals surface area contributed by atoms with Crippen molar-refractivity contribution in [3.63, 3.8) is 0 Å². The molecule has 0 atom stereocenters. The predicted molar refractivity (Wildman–Crippen MR) is 73.9 cm³/mol. The van der Waals surface area contributed by atoms with E-state index >= 15 is 0 Å². The average molecular weight is 286 g/mol. The number of aromatic amines is 1. The summed E-state index contributed by atoms with van der Waals surface area (Å²) in [6, 6.07) is 6.91. The number of H-pyrrole nitrogens is 1. The Morgan fingerprint density at radius 2 is 2.10 bits per heavy atom. The number of carbonyl (C=O) groups is 2. The fraction of sp³-hybridized carbons (Fsp3) is 0.154. The van der Waals surface area contributed by atoms with E-state index in [1.54, 1.807) is 24.3 Å². The molecular weight excluding hydrogens is 276 g/mol. The van der Waals surface area contributed by atoms with Gasteiger partial charge >= 0.3 is 5.97 Å². The van der Waals surface area contributed by atoms with Gasteiger partial charge in [0.15, 0.2) is 5.71 Å². The molecular formula is C13H10N4O4. The van der Waals surface area contributed by atoms with Gasteiger partial charge in [0.2, 0.25) is 5.82 Å². The first-order valence-electron chi connectivity index (χ1n) is 6.08. The van der Waals surface area contributed by atoms with E-state index in [0.29, 0.717) is 11.0 Å². The molecule has 0 bridgehead atoms. The van der Waals surface area contributed by atoms with Crippen molar-refractivity contribution >= 4 is 34.4 Å². The van der Waals surface area contributed by atoms with Gasteiger partial charge < -0.3 is 9.72 Å². The highest BCUT2D eigenvalue weighted by Gasteiger charge is 2.32. The molecule has 1 N–H and O–H groups in total. The first kappa shape index (κ1) is 13.0. The monoisotopic (exact) mass is 286 g/mol. The Bertz CT molecular complexity index is 839. The zero-order chi connectivity index (χ0) is 15.0. The largest absolute Gasteiger partial charge is 0.464 e. The molecule has 1 aliphatic heterocycles. The number of esters is 1. The van der Waals surface area contributed by atoms with Gasteiger partial charge in [-0.05, 0) is 12.1 Å². The molecule has 1 aliphatic rings. The van der Waals surface area contributed by atoms with E-state index in [4.69, 9.17) is 0 Å². The number of carbonyl (C=O) groups excluding carboxylic acids is 2. The topological polar surface area (TPSA) is 105 Å². The highest BCUT2D eigenvalue weighted by molar-refractivity contribution is 6.42. The lowest BCUT2D eigenvalue weighted by Gasteiger charge is -2.09. The van der Waals surface area contributed by atoms with Gasteiger partial charge in [0.05, 0.1) is 24.6 Å². The van der Waals surface area contributed by atoms with Gasteiger partial charge in [-0.2, -0.15) is 10.1 Å². The summed E-state index contributed by atoms with van der Waals surface area (Å²) in [5.41, 5.74) is 0.449. The third-order valence-corrected chi connectivity index (χ3v) is 2.98. The third-order valence-electron chi connectivity index (χ3n) is 2.98. The number of benzene rings is 1. The Morgan fingerprint density at radius 3 is 2.86 bits per heavy atom. The average Bonchev–Trinajstić information content (AvgIpc) is 2.87. The summed E-state index contributed by atoms with van der Waals surface area (Å²) in [6.07, 6.45) is -0.222. The minimum Gasteiger partial charge on any atom is -0.464 e. The summed E-state index contributed by atoms with van der Waals surface area (Å²) in [5.74, 6) is -1.38. The molecule has 2 aromatic rings. The van der Waals surface area contributed by atoms with Gasteiger partial charge in [-0.15, -0.1) is 0 Å². The van der Waals surface area contributed by atoms with Crippen LogP contribution in [0.2, 0.25) is 0 Å². The van der Waals surface area contributed by atoms with E-state index < -0.39 is 17.4 Å². The number of para-hydroxylation sites is 2. The van der Waals surface area contributed by atoms with Crippen molar-refractivity contribution in [3.8, 4) is 0 Å². The molecule has 3 rings (SSSR count). The number of hydrazone groups is 1. The van der Waals surface area contributed by atoms with E-state index in [9.17, 15) is 14.4 Å². The highest BCUT2D eigenvalue weighted by Crippen LogP contribution is 2.17. The van der Waals surface area contributed by atoms with Crippen LogP contribution in [0.5, 0.6) is 0 Å². The molecule has 1 amide bonds. The van der Waals surface area contributed by atoms with Gasteiger partial charge in [-0.1, -0.05) is 12.1 Å². The van der Waals surface area contributed by atoms with Crippen molar-refractivity contribution in [2.45, 2.75) is 6.42 Å². The van der Waals surface area contributed by atoms with Gasteiger partial charge in [-0.25, -0.2) is 9.78 Å². The van der Waals surface area contributed by atoms with Crippen molar-refractivity contribution in [1.82, 2.24) is 9.97 Å². The molecule has 0 unspecified atom stereocenters. The smallest absolute Gasteiger partial charge is 0.354 e. The van der Waals surface area contributed by atoms with Gasteiger partial charge in [0.1, 0.15) is 0 Å². The van der Waals surface area contributed by atoms with Crippen molar-refractivity contribution in [2.75, 3.05) is 12.1 Å². The van der Waals surface area contributed by atoms with Crippen molar-refractivity contribution in [3.05, 3.63) is 34.6 Å². The van der Waals surface area contributed by atoms with Crippen LogP contribution in [0.25, 0.3) is 11.0 Å². The van der Waals surface area contributed by atoms with Crippen molar-refractivity contribution < 1.29 is 14.3 Å². The summed E-state index contributed by atoms with van der Waals surface area (Å²) >= 11 is 0. The zero-order valence-corrected chi connectivity index (χ0v) is 11.0. The maximum absolute atomic E-state index is 12.0. The second-order valence-corrected chi connectivity index (χ2v) is 4.33. The maximum Gasteiger partial charge on any atom is 0.354 e. The summed E-state index contributed by atoms with van der Waals surface area (Å²) < 4.78 is 4.51. The first-order chi connectivity index (χ1) is 10.1. The Kier molecular flexibility index (Phi) is 2.98. The van der Waals surface area contributed by atoms with E-state index in [1.807, 2.05) is 0 Å². The molecule has 1 aromatic carbocycles. The van der Waals surface area contributed by atoms with E-state index in [0.717, 1.165) is 5.01 Å². The Labute approximate surface area is 118 Å². The van der Waals surface area contributed by atoms with Crippen LogP contribution in [0.15, 0.2) is 34.2 Å². The number of methoxy groups -OCH3 is 1. The normalized spacial score (nSPS) is 14.4. The molecule has 106 valence electrons. The number of aromatic nitrogens is 2. The van der Waals surface area contributed by atoms with Crippen LogP contribution in [0.3, 0.4) is 0 Å². The van der Waals surface area contributed by atoms with Crippen molar-refractivity contribution in [2.24, 2.45) is 5.10 Å². The second kappa shape index (κ2) is 4.82. The SMILES string of the molecule is COC(=O)C1=NN(c2nc3ccccc3[nH]c2=O)C(=O)C1. The van der Waals surface area contributed by atoms with Gasteiger partial charge in [-0.3, -0.25) is 9.59 Å². The van der Waals surface area contributed by atoms with Crippen LogP contribution in [0.1, 0.15) is 6.42 Å². The van der Waals surface area contributed by atoms with Crippen LogP contribution in [-0.2, 0) is 14.3 Å². The maximum atomic E-state index is 12.0. The zero-order valence-electron chi connectivity index (χ0n) is 11.0. The second-order valence-electron chi connectivity index (χ2n) is 4.33. The number of fused-ring (bicyclic) bond motifs is 1. The lowest BCUT2D eigenvalue weighted by Crippen LogP contribution is -2.28. The Balaban J connectivity index is 2.10. The number of amides is 1. The number of rotatable bonds is 2. The summed E-state index contributed by atoms with van der Waals surface area (Å²) in [4.78, 5) is 42.1. The highest BCUT2D eigenvalue weighted by atomic mass is 16.5. The number of hydrogen-bond donors (Lipinski definition) is 1. The molecule has 8 nitrogen and oxygen atoms in total. The number of hydrogen-bond acceptors (Lipinski definition) is 6. The third kappa shape index (κ3) is 2.16. The molecule has 0 radical (unpaired) electrons. The molecule has 0 saturated heterocycles. The molecule has 0 saturated carbocycles. The minimum atomic E-state index is -0.705. The molecule has 1 aromatic heterocycles. The number of nitrogens with one attached hydrogen (secondary N) is 1. The minimum absolute atomic E-state index is 0.0585. The van der Waals surface area contributed by atoms with Crippen LogP contribution >= 0.6 is 0 Å². The quantitative estimate of drug-likeness (QED) is 0.793. The van der Waals surface area contributed by atoms with Crippen LogP contribution in [-0.4, -0.2) is 34.7 Å². The fourth-order valence-corrected chi connectivity index (χ4v) is 1.99. The fourth-order valence-electron chi connectivity index (χ4n) is 1.99.